The largest absolute Gasteiger partial charge is 0.368 e. The van der Waals surface area contributed by atoms with Crippen LogP contribution in [0.15, 0.2) is 0 Å². The summed E-state index contributed by atoms with van der Waals surface area (Å²) in [6, 6.07) is -0.0463. The Morgan fingerprint density at radius 1 is 1.62 bits per heavy atom. The Balaban J connectivity index is 0.000000252. The maximum atomic E-state index is 10.4. The average molecular weight is 210 g/mol. The predicted molar refractivity (Wildman–Crippen MR) is 47.7 cm³/mol. The highest BCUT2D eigenvalue weighted by molar-refractivity contribution is 7.85. The third-order valence-electron chi connectivity index (χ3n) is 1.40. The van der Waals surface area contributed by atoms with Crippen molar-refractivity contribution in [2.24, 2.45) is 5.73 Å². The monoisotopic (exact) mass is 210 g/mol. The molecule has 1 aliphatic rings. The molecule has 13 heavy (non-hydrogen) atoms. The highest BCUT2D eigenvalue weighted by Crippen LogP contribution is 2.02. The van der Waals surface area contributed by atoms with E-state index in [0.29, 0.717) is 6.26 Å². The standard InChI is InChI=1S/C5H10N2O.CH4O3S/c6-5(8)4-2-1-3-7-4;1-5(2,3)4/h4,7H,1-3H2,(H2,6,8);1H3,(H,2,3,4)/t4-;/m0./s1. The Bertz CT molecular complexity index is 248. The Morgan fingerprint density at radius 3 is 2.23 bits per heavy atom. The van der Waals surface area contributed by atoms with Crippen molar-refractivity contribution in [1.82, 2.24) is 5.32 Å². The summed E-state index contributed by atoms with van der Waals surface area (Å²) in [5.41, 5.74) is 5.00. The lowest BCUT2D eigenvalue weighted by Gasteiger charge is -2.01. The fourth-order valence-corrected chi connectivity index (χ4v) is 0.927. The van der Waals surface area contributed by atoms with E-state index in [9.17, 15) is 13.2 Å². The molecule has 0 aliphatic carbocycles. The fraction of sp³-hybridized carbons (Fsp3) is 0.833. The van der Waals surface area contributed by atoms with Crippen molar-refractivity contribution in [2.75, 3.05) is 12.8 Å². The van der Waals surface area contributed by atoms with Crippen LogP contribution in [0.5, 0.6) is 0 Å². The summed E-state index contributed by atoms with van der Waals surface area (Å²) in [6.07, 6.45) is 2.70. The number of hydrogen-bond acceptors (Lipinski definition) is 4. The lowest BCUT2D eigenvalue weighted by Crippen LogP contribution is -2.36. The van der Waals surface area contributed by atoms with Gasteiger partial charge in [-0.25, -0.2) is 0 Å². The van der Waals surface area contributed by atoms with Gasteiger partial charge in [-0.3, -0.25) is 9.35 Å². The number of hydrogen-bond donors (Lipinski definition) is 3. The molecule has 1 atom stereocenters. The minimum Gasteiger partial charge on any atom is -0.368 e. The molecule has 1 amide bonds. The number of carbonyl (C=O) groups is 1. The van der Waals surface area contributed by atoms with Gasteiger partial charge in [-0.05, 0) is 19.4 Å². The summed E-state index contributed by atoms with van der Waals surface area (Å²) < 4.78 is 25.9. The van der Waals surface area contributed by atoms with Gasteiger partial charge in [0.05, 0.1) is 12.3 Å². The summed E-state index contributed by atoms with van der Waals surface area (Å²) >= 11 is 0. The Labute approximate surface area is 77.2 Å². The van der Waals surface area contributed by atoms with Crippen molar-refractivity contribution in [1.29, 1.82) is 0 Å². The van der Waals surface area contributed by atoms with Crippen LogP contribution in [0.25, 0.3) is 0 Å². The van der Waals surface area contributed by atoms with Crippen LogP contribution in [-0.2, 0) is 14.9 Å². The first-order valence-electron chi connectivity index (χ1n) is 3.76. The SMILES string of the molecule is CS(=O)(=O)O.NC(=O)[C@@H]1CCCN1. The molecule has 0 saturated carbocycles. The van der Waals surface area contributed by atoms with Gasteiger partial charge in [0.2, 0.25) is 5.91 Å². The molecular weight excluding hydrogens is 196 g/mol. The number of nitrogens with two attached hydrogens (primary N) is 1. The zero-order valence-electron chi connectivity index (χ0n) is 7.36. The fourth-order valence-electron chi connectivity index (χ4n) is 0.927. The minimum atomic E-state index is -3.67. The maximum Gasteiger partial charge on any atom is 0.261 e. The molecule has 7 heteroatoms. The van der Waals surface area contributed by atoms with Gasteiger partial charge in [-0.15, -0.1) is 0 Å². The molecule has 0 unspecified atom stereocenters. The minimum absolute atomic E-state index is 0.0463. The van der Waals surface area contributed by atoms with Gasteiger partial charge in [-0.2, -0.15) is 8.42 Å². The molecule has 0 aromatic heterocycles. The molecule has 0 aromatic rings. The van der Waals surface area contributed by atoms with Crippen molar-refractivity contribution >= 4 is 16.0 Å². The Morgan fingerprint density at radius 2 is 2.08 bits per heavy atom. The number of nitrogens with one attached hydrogen (secondary N) is 1. The molecular formula is C6H14N2O4S. The topological polar surface area (TPSA) is 109 Å². The maximum absolute atomic E-state index is 10.4. The lowest BCUT2D eigenvalue weighted by molar-refractivity contribution is -0.119. The first-order chi connectivity index (χ1) is 5.80. The van der Waals surface area contributed by atoms with Crippen molar-refractivity contribution in [3.63, 3.8) is 0 Å². The normalized spacial score (nSPS) is 21.8. The number of rotatable bonds is 1. The molecule has 0 bridgehead atoms. The van der Waals surface area contributed by atoms with E-state index >= 15 is 0 Å². The first kappa shape index (κ1) is 12.3. The number of primary amides is 1. The van der Waals surface area contributed by atoms with E-state index in [1.807, 2.05) is 0 Å². The Kier molecular flexibility index (Phi) is 4.89. The quantitative estimate of drug-likeness (QED) is 0.467. The smallest absolute Gasteiger partial charge is 0.261 e. The second kappa shape index (κ2) is 5.15. The summed E-state index contributed by atoms with van der Waals surface area (Å²) in [4.78, 5) is 10.4. The summed E-state index contributed by atoms with van der Waals surface area (Å²) in [6.45, 7) is 0.938. The van der Waals surface area contributed by atoms with E-state index in [-0.39, 0.29) is 11.9 Å². The van der Waals surface area contributed by atoms with E-state index in [1.165, 1.54) is 0 Å². The molecule has 1 heterocycles. The van der Waals surface area contributed by atoms with Crippen LogP contribution in [-0.4, -0.2) is 37.7 Å². The van der Waals surface area contributed by atoms with Crippen LogP contribution >= 0.6 is 0 Å². The molecule has 6 nitrogen and oxygen atoms in total. The van der Waals surface area contributed by atoms with E-state index in [2.05, 4.69) is 5.32 Å². The van der Waals surface area contributed by atoms with E-state index in [0.717, 1.165) is 19.4 Å². The van der Waals surface area contributed by atoms with Crippen molar-refractivity contribution < 1.29 is 17.8 Å². The Hall–Kier alpha value is -0.660. The number of amides is 1. The molecule has 1 aliphatic heterocycles. The highest BCUT2D eigenvalue weighted by atomic mass is 32.2. The zero-order chi connectivity index (χ0) is 10.5. The molecule has 0 radical (unpaired) electrons. The van der Waals surface area contributed by atoms with Crippen LogP contribution in [0.1, 0.15) is 12.8 Å². The van der Waals surface area contributed by atoms with E-state index in [4.69, 9.17) is 10.3 Å². The van der Waals surface area contributed by atoms with Crippen molar-refractivity contribution in [3.05, 3.63) is 0 Å². The zero-order valence-corrected chi connectivity index (χ0v) is 8.17. The average Bonchev–Trinajstić information content (AvgIpc) is 2.31. The van der Waals surface area contributed by atoms with Crippen molar-refractivity contribution in [2.45, 2.75) is 18.9 Å². The molecule has 1 fully saturated rings. The summed E-state index contributed by atoms with van der Waals surface area (Å²) in [7, 11) is -3.67. The second-order valence-corrected chi connectivity index (χ2v) is 4.25. The van der Waals surface area contributed by atoms with Crippen LogP contribution in [0.4, 0.5) is 0 Å². The first-order valence-corrected chi connectivity index (χ1v) is 5.60. The van der Waals surface area contributed by atoms with Gasteiger partial charge >= 0.3 is 0 Å². The van der Waals surface area contributed by atoms with Gasteiger partial charge in [0.25, 0.3) is 10.1 Å². The molecule has 1 rings (SSSR count). The third-order valence-corrected chi connectivity index (χ3v) is 1.40. The van der Waals surface area contributed by atoms with Gasteiger partial charge in [0, 0.05) is 0 Å². The number of carbonyl (C=O) groups excluding carboxylic acids is 1. The molecule has 1 saturated heterocycles. The van der Waals surface area contributed by atoms with Gasteiger partial charge in [-0.1, -0.05) is 0 Å². The summed E-state index contributed by atoms with van der Waals surface area (Å²) in [5.74, 6) is -0.220. The van der Waals surface area contributed by atoms with Crippen LogP contribution in [0.2, 0.25) is 0 Å². The van der Waals surface area contributed by atoms with Gasteiger partial charge < -0.3 is 11.1 Å². The van der Waals surface area contributed by atoms with E-state index < -0.39 is 10.1 Å². The molecule has 4 N–H and O–H groups in total. The highest BCUT2D eigenvalue weighted by Gasteiger charge is 2.18. The predicted octanol–water partition coefficient (Wildman–Crippen LogP) is -1.27. The molecule has 78 valence electrons. The second-order valence-electron chi connectivity index (χ2n) is 2.78. The molecule has 0 aromatic carbocycles. The van der Waals surface area contributed by atoms with Crippen LogP contribution in [0.3, 0.4) is 0 Å². The van der Waals surface area contributed by atoms with Gasteiger partial charge in [0.15, 0.2) is 0 Å². The third kappa shape index (κ3) is 9.25. The van der Waals surface area contributed by atoms with Crippen molar-refractivity contribution in [3.8, 4) is 0 Å². The van der Waals surface area contributed by atoms with Crippen LogP contribution < -0.4 is 11.1 Å². The van der Waals surface area contributed by atoms with Crippen LogP contribution in [0, 0.1) is 0 Å². The summed E-state index contributed by atoms with van der Waals surface area (Å²) in [5, 5.41) is 2.98. The van der Waals surface area contributed by atoms with E-state index in [1.54, 1.807) is 0 Å². The molecule has 0 spiro atoms. The lowest BCUT2D eigenvalue weighted by atomic mass is 10.2. The van der Waals surface area contributed by atoms with Gasteiger partial charge in [0.1, 0.15) is 0 Å².